The molecule has 3 aliphatic rings. The fourth-order valence-electron chi connectivity index (χ4n) is 5.51. The van der Waals surface area contributed by atoms with Crippen molar-refractivity contribution in [2.75, 3.05) is 13.1 Å². The van der Waals surface area contributed by atoms with E-state index in [1.165, 1.54) is 0 Å². The first-order valence-electron chi connectivity index (χ1n) is 10.7. The number of piperidine rings is 1. The summed E-state index contributed by atoms with van der Waals surface area (Å²) in [6, 6.07) is 1.98. The lowest BCUT2D eigenvalue weighted by Crippen LogP contribution is -2.52. The Hall–Kier alpha value is -3.10. The van der Waals surface area contributed by atoms with Crippen LogP contribution >= 0.6 is 0 Å². The molecule has 1 aliphatic carbocycles. The SMILES string of the molecule is CC1(C)[C@@H]2[C@@H](C(=O)N[C@H](C=O)C[C@@H]3CCNC3=O)N(C(=O)c3cc4occc4[nH]3)C[C@@H]21. The molecule has 2 saturated heterocycles. The molecule has 164 valence electrons. The molecule has 2 aromatic heterocycles. The summed E-state index contributed by atoms with van der Waals surface area (Å²) in [5, 5.41) is 5.55. The number of carbonyl (C=O) groups is 4. The van der Waals surface area contributed by atoms with Crippen LogP contribution < -0.4 is 10.6 Å². The van der Waals surface area contributed by atoms with Crippen LogP contribution in [-0.2, 0) is 14.4 Å². The van der Waals surface area contributed by atoms with Crippen molar-refractivity contribution in [2.24, 2.45) is 23.2 Å². The maximum Gasteiger partial charge on any atom is 0.271 e. The number of fused-ring (bicyclic) bond motifs is 2. The Bertz CT molecular complexity index is 1040. The first-order valence-corrected chi connectivity index (χ1v) is 10.7. The summed E-state index contributed by atoms with van der Waals surface area (Å²) >= 11 is 0. The third kappa shape index (κ3) is 3.14. The Morgan fingerprint density at radius 3 is 2.90 bits per heavy atom. The maximum absolute atomic E-state index is 13.3. The first-order chi connectivity index (χ1) is 14.8. The van der Waals surface area contributed by atoms with Gasteiger partial charge in [0.1, 0.15) is 18.0 Å². The Morgan fingerprint density at radius 1 is 1.42 bits per heavy atom. The monoisotopic (exact) mass is 426 g/mol. The Balaban J connectivity index is 1.34. The van der Waals surface area contributed by atoms with Crippen LogP contribution in [0, 0.1) is 23.2 Å². The van der Waals surface area contributed by atoms with Gasteiger partial charge in [0.05, 0.1) is 17.8 Å². The average Bonchev–Trinajstić information content (AvgIpc) is 3.34. The lowest BCUT2D eigenvalue weighted by molar-refractivity contribution is -0.129. The number of amides is 3. The third-order valence-electron chi connectivity index (χ3n) is 7.40. The van der Waals surface area contributed by atoms with Crippen LogP contribution in [0.1, 0.15) is 37.2 Å². The summed E-state index contributed by atoms with van der Waals surface area (Å²) in [6.07, 6.45) is 3.15. The van der Waals surface area contributed by atoms with Crippen LogP contribution in [-0.4, -0.2) is 59.1 Å². The number of H-pyrrole nitrogens is 1. The smallest absolute Gasteiger partial charge is 0.271 e. The van der Waals surface area contributed by atoms with Crippen LogP contribution in [0.5, 0.6) is 0 Å². The summed E-state index contributed by atoms with van der Waals surface area (Å²) in [6.45, 7) is 5.29. The molecule has 3 N–H and O–H groups in total. The summed E-state index contributed by atoms with van der Waals surface area (Å²) in [5.41, 5.74) is 1.65. The molecule has 2 aromatic rings. The summed E-state index contributed by atoms with van der Waals surface area (Å²) in [4.78, 5) is 54.6. The van der Waals surface area contributed by atoms with E-state index in [0.717, 1.165) is 5.52 Å². The third-order valence-corrected chi connectivity index (χ3v) is 7.40. The molecule has 0 unspecified atom stereocenters. The minimum absolute atomic E-state index is 0.0376. The minimum Gasteiger partial charge on any atom is -0.463 e. The zero-order valence-electron chi connectivity index (χ0n) is 17.5. The van der Waals surface area contributed by atoms with Crippen LogP contribution in [0.25, 0.3) is 11.1 Å². The van der Waals surface area contributed by atoms with Crippen molar-refractivity contribution in [3.05, 3.63) is 24.1 Å². The van der Waals surface area contributed by atoms with Crippen molar-refractivity contribution in [1.82, 2.24) is 20.5 Å². The van der Waals surface area contributed by atoms with E-state index in [1.807, 2.05) is 0 Å². The van der Waals surface area contributed by atoms with Crippen molar-refractivity contribution < 1.29 is 23.6 Å². The average molecular weight is 426 g/mol. The highest BCUT2D eigenvalue weighted by molar-refractivity contribution is 6.00. The molecule has 2 aliphatic heterocycles. The van der Waals surface area contributed by atoms with Gasteiger partial charge in [-0.15, -0.1) is 0 Å². The molecule has 3 fully saturated rings. The van der Waals surface area contributed by atoms with E-state index >= 15 is 0 Å². The number of furan rings is 1. The molecule has 0 radical (unpaired) electrons. The van der Waals surface area contributed by atoms with Crippen LogP contribution in [0.3, 0.4) is 0 Å². The highest BCUT2D eigenvalue weighted by atomic mass is 16.3. The molecular weight excluding hydrogens is 400 g/mol. The highest BCUT2D eigenvalue weighted by Gasteiger charge is 2.69. The van der Waals surface area contributed by atoms with Gasteiger partial charge in [0.2, 0.25) is 11.8 Å². The molecule has 9 nitrogen and oxygen atoms in total. The van der Waals surface area contributed by atoms with Gasteiger partial charge in [0, 0.05) is 31.1 Å². The topological polar surface area (TPSA) is 125 Å². The quantitative estimate of drug-likeness (QED) is 0.596. The van der Waals surface area contributed by atoms with Crippen LogP contribution in [0.4, 0.5) is 0 Å². The number of aromatic amines is 1. The van der Waals surface area contributed by atoms with Gasteiger partial charge >= 0.3 is 0 Å². The lowest BCUT2D eigenvalue weighted by Gasteiger charge is -2.30. The van der Waals surface area contributed by atoms with E-state index in [-0.39, 0.29) is 47.3 Å². The fourth-order valence-corrected chi connectivity index (χ4v) is 5.51. The molecule has 1 saturated carbocycles. The van der Waals surface area contributed by atoms with Gasteiger partial charge < -0.3 is 29.7 Å². The molecule has 3 amide bonds. The maximum atomic E-state index is 13.3. The second-order valence-corrected chi connectivity index (χ2v) is 9.50. The van der Waals surface area contributed by atoms with E-state index in [0.29, 0.717) is 37.1 Å². The van der Waals surface area contributed by atoms with Crippen LogP contribution in [0.15, 0.2) is 22.8 Å². The molecule has 9 heteroatoms. The molecule has 5 rings (SSSR count). The Labute approximate surface area is 178 Å². The van der Waals surface area contributed by atoms with Gasteiger partial charge in [0.25, 0.3) is 5.91 Å². The highest BCUT2D eigenvalue weighted by Crippen LogP contribution is 2.65. The van der Waals surface area contributed by atoms with Crippen molar-refractivity contribution in [3.63, 3.8) is 0 Å². The predicted molar refractivity (Wildman–Crippen MR) is 110 cm³/mol. The number of carbonyl (C=O) groups excluding carboxylic acids is 4. The number of rotatable bonds is 6. The van der Waals surface area contributed by atoms with Gasteiger partial charge in [0.15, 0.2) is 5.58 Å². The number of hydrogen-bond donors (Lipinski definition) is 3. The standard InChI is InChI=1S/C22H26N4O5/c1-22(2)13-9-26(21(30)15-8-16-14(25-15)4-6-31-16)18(17(13)22)20(29)24-12(10-27)7-11-3-5-23-19(11)28/h4,6,8,10-13,17-18,25H,3,5,7,9H2,1-2H3,(H,23,28)(H,24,29)/t11-,12-,13-,17-,18-/m0/s1. The van der Waals surface area contributed by atoms with Gasteiger partial charge in [-0.25, -0.2) is 0 Å². The predicted octanol–water partition coefficient (Wildman–Crippen LogP) is 1.07. The number of likely N-dealkylation sites (tertiary alicyclic amines) is 1. The minimum atomic E-state index is -0.757. The van der Waals surface area contributed by atoms with E-state index in [2.05, 4.69) is 29.5 Å². The van der Waals surface area contributed by atoms with Crippen molar-refractivity contribution in [2.45, 2.75) is 38.8 Å². The zero-order valence-corrected chi connectivity index (χ0v) is 17.5. The Kier molecular flexibility index (Phi) is 4.46. The number of aldehydes is 1. The number of nitrogens with one attached hydrogen (secondary N) is 3. The number of aromatic nitrogens is 1. The fraction of sp³-hybridized carbons (Fsp3) is 0.545. The van der Waals surface area contributed by atoms with E-state index < -0.39 is 12.1 Å². The summed E-state index contributed by atoms with van der Waals surface area (Å²) in [7, 11) is 0. The molecular formula is C22H26N4O5. The van der Waals surface area contributed by atoms with Crippen LogP contribution in [0.2, 0.25) is 0 Å². The van der Waals surface area contributed by atoms with Gasteiger partial charge in [-0.1, -0.05) is 13.8 Å². The van der Waals surface area contributed by atoms with E-state index in [9.17, 15) is 19.2 Å². The molecule has 0 spiro atoms. The van der Waals surface area contributed by atoms with E-state index in [4.69, 9.17) is 4.42 Å². The van der Waals surface area contributed by atoms with Gasteiger partial charge in [-0.05, 0) is 30.1 Å². The normalized spacial score (nSPS) is 29.5. The zero-order chi connectivity index (χ0) is 21.9. The van der Waals surface area contributed by atoms with Gasteiger partial charge in [-0.3, -0.25) is 14.4 Å². The molecule has 31 heavy (non-hydrogen) atoms. The van der Waals surface area contributed by atoms with E-state index in [1.54, 1.807) is 23.3 Å². The van der Waals surface area contributed by atoms with Crippen molar-refractivity contribution in [1.29, 1.82) is 0 Å². The van der Waals surface area contributed by atoms with Crippen molar-refractivity contribution in [3.8, 4) is 0 Å². The van der Waals surface area contributed by atoms with Crippen molar-refractivity contribution >= 4 is 35.1 Å². The number of hydrogen-bond acceptors (Lipinski definition) is 5. The summed E-state index contributed by atoms with van der Waals surface area (Å²) < 4.78 is 5.33. The number of nitrogens with zero attached hydrogens (tertiary/aromatic N) is 1. The molecule has 4 heterocycles. The molecule has 5 atom stereocenters. The molecule has 0 bridgehead atoms. The lowest BCUT2D eigenvalue weighted by atomic mass is 9.97. The Morgan fingerprint density at radius 2 is 2.23 bits per heavy atom. The largest absolute Gasteiger partial charge is 0.463 e. The van der Waals surface area contributed by atoms with Gasteiger partial charge in [-0.2, -0.15) is 0 Å². The second kappa shape index (κ2) is 6.96. The first kappa shape index (κ1) is 19.8. The molecule has 0 aromatic carbocycles. The summed E-state index contributed by atoms with van der Waals surface area (Å²) in [5.74, 6) is -0.684. The second-order valence-electron chi connectivity index (χ2n) is 9.50.